The number of carbonyl (C=O) groups excluding carboxylic acids is 1. The molecular weight excluding hydrogens is 826 g/mol. The summed E-state index contributed by atoms with van der Waals surface area (Å²) in [5, 5.41) is 5.12. The van der Waals surface area contributed by atoms with Gasteiger partial charge in [-0.25, -0.2) is 9.97 Å². The number of aryl methyl sites for hydroxylation is 6. The van der Waals surface area contributed by atoms with E-state index in [-0.39, 0.29) is 6.04 Å². The van der Waals surface area contributed by atoms with E-state index in [0.717, 1.165) is 100 Å². The minimum absolute atomic E-state index is 0.158. The Morgan fingerprint density at radius 2 is 1.55 bits per heavy atom. The van der Waals surface area contributed by atoms with Crippen molar-refractivity contribution in [2.24, 2.45) is 0 Å². The summed E-state index contributed by atoms with van der Waals surface area (Å²) in [4.78, 5) is 27.7. The molecule has 5 rings (SSSR count). The molecule has 2 radical (unpaired) electrons. The zero-order chi connectivity index (χ0) is 50.0. The normalized spacial score (nSPS) is 12.3. The number of aromatic nitrogens is 2. The van der Waals surface area contributed by atoms with E-state index >= 15 is 0 Å². The van der Waals surface area contributed by atoms with E-state index in [4.69, 9.17) is 12.8 Å². The second kappa shape index (κ2) is 37.1. The topological polar surface area (TPSA) is 64.6 Å². The van der Waals surface area contributed by atoms with Crippen molar-refractivity contribution >= 4 is 51.1 Å². The van der Waals surface area contributed by atoms with E-state index in [2.05, 4.69) is 112 Å². The number of carbonyl (C=O) groups is 1. The average Bonchev–Trinajstić information content (AvgIpc) is 3.33. The number of rotatable bonds is 20. The van der Waals surface area contributed by atoms with Crippen LogP contribution in [0.3, 0.4) is 0 Å². The number of hydrogen-bond acceptors (Lipinski definition) is 7. The Balaban J connectivity index is 0.00000200. The van der Waals surface area contributed by atoms with Gasteiger partial charge in [-0.05, 0) is 150 Å². The van der Waals surface area contributed by atoms with Crippen molar-refractivity contribution in [1.29, 1.82) is 0 Å². The Morgan fingerprint density at radius 3 is 2.11 bits per heavy atom. The molecule has 1 aliphatic rings. The first kappa shape index (κ1) is 62.1. The standard InChI is InChI=1S/C41H58N5OP.C8H9B.C2H7N.3C2H6/c1-8-33-27-39-31(5)42-32(6)43-41(39)28-35(33)15-12-11-13-19-45-20-22-46(23-21-45)30(4)17-18-36-26-38(48)25-34(9-2)40(36)29-44(7)37(10-3)16-14-24-47;1-2-7-4-3-5-8(9)6-7;1-3-2;3*1-2/h9-10,24-28,37H,2-4,8,11-23,29,48H2,1,5-7H3;3-6H,2H2,1H3;3H,1-2H3;3*1-2H3. The van der Waals surface area contributed by atoms with Crippen LogP contribution in [0.5, 0.6) is 0 Å². The highest BCUT2D eigenvalue weighted by Gasteiger charge is 2.20. The number of piperazine rings is 1. The van der Waals surface area contributed by atoms with E-state index in [0.29, 0.717) is 6.42 Å². The third-order valence-electron chi connectivity index (χ3n) is 11.4. The Bertz CT molecular complexity index is 1970. The largest absolute Gasteiger partial charge is 0.373 e. The molecule has 1 aromatic heterocycles. The molecule has 2 atom stereocenters. The number of hydrogen-bond donors (Lipinski definition) is 1. The Kier molecular flexibility index (Phi) is 34.9. The molecule has 1 fully saturated rings. The number of allylic oxidation sites excluding steroid dienone is 1. The molecule has 0 spiro atoms. The van der Waals surface area contributed by atoms with Crippen LogP contribution >= 0.6 is 9.24 Å². The molecule has 1 N–H and O–H groups in total. The number of nitrogens with one attached hydrogen (secondary N) is 1. The SMILES string of the molecule is C=Cc1cc(P)cc(CCC(=C)N2CCN(CCCCCc3cc4nc(C)nc(C)c4cc3CC)CC2)c1CN(C)C(C=C)CCC=O.CC.CC.CC.CNC.[B]c1cccc(CC)c1. The van der Waals surface area contributed by atoms with Gasteiger partial charge in [-0.1, -0.05) is 123 Å². The minimum atomic E-state index is 0.158. The second-order valence-electron chi connectivity index (χ2n) is 16.1. The van der Waals surface area contributed by atoms with Gasteiger partial charge >= 0.3 is 0 Å². The van der Waals surface area contributed by atoms with Gasteiger partial charge in [0.15, 0.2) is 0 Å². The lowest BCUT2D eigenvalue weighted by Gasteiger charge is -2.37. The van der Waals surface area contributed by atoms with Gasteiger partial charge < -0.3 is 15.0 Å². The summed E-state index contributed by atoms with van der Waals surface area (Å²) in [6, 6.07) is 17.2. The maximum atomic E-state index is 11.0. The molecule has 0 amide bonds. The lowest BCUT2D eigenvalue weighted by molar-refractivity contribution is -0.108. The highest BCUT2D eigenvalue weighted by atomic mass is 31.0. The minimum Gasteiger partial charge on any atom is -0.373 e. The van der Waals surface area contributed by atoms with Gasteiger partial charge in [0.1, 0.15) is 20.0 Å². The van der Waals surface area contributed by atoms with Crippen LogP contribution in [0, 0.1) is 13.8 Å². The van der Waals surface area contributed by atoms with Crippen LogP contribution in [0.15, 0.2) is 80.0 Å². The van der Waals surface area contributed by atoms with E-state index in [1.165, 1.54) is 75.6 Å². The first-order valence-electron chi connectivity index (χ1n) is 25.1. The molecule has 364 valence electrons. The number of likely N-dealkylation sites (N-methyl/N-ethyl adjacent to an activating group) is 1. The quantitative estimate of drug-likeness (QED) is 0.0311. The summed E-state index contributed by atoms with van der Waals surface area (Å²) in [7, 11) is 14.3. The number of aldehydes is 1. The van der Waals surface area contributed by atoms with Crippen molar-refractivity contribution in [3.05, 3.63) is 125 Å². The zero-order valence-electron chi connectivity index (χ0n) is 44.2. The Hall–Kier alpha value is -3.94. The van der Waals surface area contributed by atoms with Gasteiger partial charge in [-0.3, -0.25) is 9.80 Å². The van der Waals surface area contributed by atoms with Crippen LogP contribution in [0.1, 0.15) is 139 Å². The number of unbranched alkanes of at least 4 members (excludes halogenated alkanes) is 2. The maximum Gasteiger partial charge on any atom is 0.126 e. The van der Waals surface area contributed by atoms with E-state index < -0.39 is 0 Å². The van der Waals surface area contributed by atoms with Crippen LogP contribution in [-0.4, -0.2) is 98.7 Å². The predicted octanol–water partition coefficient (Wildman–Crippen LogP) is 11.4. The van der Waals surface area contributed by atoms with Crippen LogP contribution in [0.4, 0.5) is 0 Å². The number of nitrogens with zero attached hydrogens (tertiary/aromatic N) is 5. The highest BCUT2D eigenvalue weighted by molar-refractivity contribution is 7.27. The van der Waals surface area contributed by atoms with Crippen LogP contribution in [0.2, 0.25) is 0 Å². The van der Waals surface area contributed by atoms with Gasteiger partial charge in [0, 0.05) is 62.0 Å². The first-order valence-corrected chi connectivity index (χ1v) is 25.6. The molecule has 0 aliphatic carbocycles. The highest BCUT2D eigenvalue weighted by Crippen LogP contribution is 2.25. The molecule has 66 heavy (non-hydrogen) atoms. The van der Waals surface area contributed by atoms with Crippen molar-refractivity contribution < 1.29 is 4.79 Å². The van der Waals surface area contributed by atoms with Gasteiger partial charge in [-0.15, -0.1) is 15.8 Å². The van der Waals surface area contributed by atoms with E-state index in [1.807, 2.05) is 92.9 Å². The second-order valence-corrected chi connectivity index (χ2v) is 16.7. The van der Waals surface area contributed by atoms with Crippen LogP contribution in [-0.2, 0) is 37.0 Å². The maximum absolute atomic E-state index is 11.0. The molecule has 2 unspecified atom stereocenters. The van der Waals surface area contributed by atoms with E-state index in [9.17, 15) is 4.79 Å². The molecule has 3 aromatic carbocycles. The van der Waals surface area contributed by atoms with Gasteiger partial charge in [-0.2, -0.15) is 0 Å². The average molecular weight is 919 g/mol. The third-order valence-corrected chi connectivity index (χ3v) is 11.8. The molecule has 1 saturated heterocycles. The third kappa shape index (κ3) is 22.2. The smallest absolute Gasteiger partial charge is 0.126 e. The van der Waals surface area contributed by atoms with Crippen LogP contribution < -0.4 is 16.1 Å². The molecule has 7 nitrogen and oxygen atoms in total. The van der Waals surface area contributed by atoms with Crippen molar-refractivity contribution in [2.75, 3.05) is 53.9 Å². The fraction of sp³-hybridized carbons (Fsp3) is 0.526. The van der Waals surface area contributed by atoms with Crippen molar-refractivity contribution in [3.63, 3.8) is 0 Å². The predicted molar refractivity (Wildman–Crippen MR) is 298 cm³/mol. The molecule has 2 heterocycles. The molecule has 0 bridgehead atoms. The first-order chi connectivity index (χ1) is 31.9. The monoisotopic (exact) mass is 919 g/mol. The van der Waals surface area contributed by atoms with Gasteiger partial charge in [0.25, 0.3) is 0 Å². The molecule has 0 saturated carbocycles. The fourth-order valence-electron chi connectivity index (χ4n) is 7.99. The summed E-state index contributed by atoms with van der Waals surface area (Å²) in [5.41, 5.74) is 12.3. The van der Waals surface area contributed by atoms with Gasteiger partial charge in [0.05, 0.1) is 5.52 Å². The molecular formula is C57H92BN6OP. The lowest BCUT2D eigenvalue weighted by Crippen LogP contribution is -2.45. The lowest BCUT2D eigenvalue weighted by atomic mass is 9.94. The van der Waals surface area contributed by atoms with Gasteiger partial charge in [0.2, 0.25) is 0 Å². The molecule has 9 heteroatoms. The summed E-state index contributed by atoms with van der Waals surface area (Å²) < 4.78 is 0. The summed E-state index contributed by atoms with van der Waals surface area (Å²) in [6.45, 7) is 39.4. The Labute approximate surface area is 409 Å². The fourth-order valence-corrected chi connectivity index (χ4v) is 8.37. The summed E-state index contributed by atoms with van der Waals surface area (Å²) >= 11 is 0. The van der Waals surface area contributed by atoms with Crippen molar-refractivity contribution in [1.82, 2.24) is 30.0 Å². The van der Waals surface area contributed by atoms with E-state index in [1.54, 1.807) is 0 Å². The summed E-state index contributed by atoms with van der Waals surface area (Å²) in [6.07, 6.45) is 15.1. The zero-order valence-corrected chi connectivity index (χ0v) is 45.3. The van der Waals surface area contributed by atoms with Crippen molar-refractivity contribution in [3.8, 4) is 0 Å². The molecule has 1 aliphatic heterocycles. The van der Waals surface area contributed by atoms with Crippen molar-refractivity contribution in [2.45, 2.75) is 146 Å². The summed E-state index contributed by atoms with van der Waals surface area (Å²) in [5.74, 6) is 0.852. The van der Waals surface area contributed by atoms with Crippen LogP contribution in [0.25, 0.3) is 17.0 Å². The Morgan fingerprint density at radius 1 is 0.879 bits per heavy atom. The number of benzene rings is 3. The number of fused-ring (bicyclic) bond motifs is 1. The molecule has 4 aromatic rings.